The average Bonchev–Trinajstić information content (AvgIpc) is 3.04. The van der Waals surface area contributed by atoms with Gasteiger partial charge in [-0.25, -0.2) is 9.97 Å². The summed E-state index contributed by atoms with van der Waals surface area (Å²) in [5.74, 6) is -0.424. The van der Waals surface area contributed by atoms with Gasteiger partial charge >= 0.3 is 0 Å². The summed E-state index contributed by atoms with van der Waals surface area (Å²) in [6.07, 6.45) is 4.34. The number of nitrogens with one attached hydrogen (secondary N) is 2. The number of aryl methyl sites for hydroxylation is 1. The van der Waals surface area contributed by atoms with Crippen molar-refractivity contribution in [3.8, 4) is 12.1 Å². The molecule has 3 heterocycles. The molecule has 3 aromatic rings. The highest BCUT2D eigenvalue weighted by atomic mass is 32.1. The van der Waals surface area contributed by atoms with Crippen molar-refractivity contribution in [1.29, 1.82) is 10.5 Å². The molecule has 0 bridgehead atoms. The number of rotatable bonds is 4. The number of aromatic nitrogens is 4. The van der Waals surface area contributed by atoms with Gasteiger partial charge < -0.3 is 0 Å². The number of hydrazone groups is 1. The summed E-state index contributed by atoms with van der Waals surface area (Å²) < 4.78 is 0.686. The van der Waals surface area contributed by atoms with Gasteiger partial charge in [-0.3, -0.25) is 20.5 Å². The van der Waals surface area contributed by atoms with E-state index in [0.717, 1.165) is 0 Å². The van der Waals surface area contributed by atoms with Gasteiger partial charge in [0.25, 0.3) is 5.91 Å². The van der Waals surface area contributed by atoms with Crippen LogP contribution in [-0.4, -0.2) is 31.6 Å². The molecule has 0 fully saturated rings. The fraction of sp³-hybridized carbons (Fsp3) is 0.0667. The second-order valence-electron chi connectivity index (χ2n) is 4.86. The van der Waals surface area contributed by atoms with Gasteiger partial charge in [0.05, 0.1) is 28.5 Å². The van der Waals surface area contributed by atoms with E-state index in [2.05, 4.69) is 35.8 Å². The lowest BCUT2D eigenvalue weighted by molar-refractivity contribution is 0.102. The van der Waals surface area contributed by atoms with Crippen LogP contribution in [0.25, 0.3) is 10.3 Å². The molecule has 0 saturated heterocycles. The van der Waals surface area contributed by atoms with Crippen LogP contribution in [0.15, 0.2) is 29.8 Å². The maximum atomic E-state index is 12.2. The van der Waals surface area contributed by atoms with Crippen molar-refractivity contribution in [2.75, 3.05) is 10.7 Å². The third-order valence-electron chi connectivity index (χ3n) is 2.99. The molecule has 0 unspecified atom stereocenters. The van der Waals surface area contributed by atoms with Gasteiger partial charge in [-0.05, 0) is 13.0 Å². The average molecular weight is 363 g/mol. The number of carbonyl (C=O) groups excluding carboxylic acids is 1. The molecule has 26 heavy (non-hydrogen) atoms. The van der Waals surface area contributed by atoms with Crippen LogP contribution in [0.1, 0.15) is 16.2 Å². The molecule has 11 heteroatoms. The molecule has 10 nitrogen and oxygen atoms in total. The number of carbonyl (C=O) groups is 1. The van der Waals surface area contributed by atoms with Crippen molar-refractivity contribution in [3.05, 3.63) is 36.0 Å². The third kappa shape index (κ3) is 3.75. The quantitative estimate of drug-likeness (QED) is 0.526. The van der Waals surface area contributed by atoms with Crippen molar-refractivity contribution in [3.63, 3.8) is 0 Å². The summed E-state index contributed by atoms with van der Waals surface area (Å²) >= 11 is 1.21. The third-order valence-corrected chi connectivity index (χ3v) is 3.90. The Morgan fingerprint density at radius 1 is 1.19 bits per heavy atom. The Labute approximate surface area is 150 Å². The van der Waals surface area contributed by atoms with Crippen LogP contribution in [0.5, 0.6) is 0 Å². The van der Waals surface area contributed by atoms with Crippen LogP contribution >= 0.6 is 11.3 Å². The van der Waals surface area contributed by atoms with Crippen LogP contribution in [0.4, 0.5) is 10.8 Å². The lowest BCUT2D eigenvalue weighted by atomic mass is 10.4. The van der Waals surface area contributed by atoms with Gasteiger partial charge in [-0.2, -0.15) is 20.6 Å². The van der Waals surface area contributed by atoms with Crippen molar-refractivity contribution in [1.82, 2.24) is 19.9 Å². The maximum absolute atomic E-state index is 12.2. The second kappa shape index (κ2) is 7.29. The molecule has 2 N–H and O–H groups in total. The Morgan fingerprint density at radius 3 is 2.69 bits per heavy atom. The van der Waals surface area contributed by atoms with Crippen molar-refractivity contribution in [2.24, 2.45) is 5.10 Å². The SMILES string of the molecule is Cc1cnc(C(=O)Nc2nc3ncc(NN=C(C#N)C#N)cc3s2)cn1. The number of nitriles is 2. The molecular formula is C15H9N9OS. The first kappa shape index (κ1) is 16.9. The fourth-order valence-corrected chi connectivity index (χ4v) is 2.66. The zero-order chi connectivity index (χ0) is 18.5. The summed E-state index contributed by atoms with van der Waals surface area (Å²) in [5.41, 5.74) is 4.08. The van der Waals surface area contributed by atoms with E-state index in [-0.39, 0.29) is 11.4 Å². The molecule has 3 aromatic heterocycles. The zero-order valence-corrected chi connectivity index (χ0v) is 14.1. The summed E-state index contributed by atoms with van der Waals surface area (Å²) in [6.45, 7) is 1.78. The highest BCUT2D eigenvalue weighted by Gasteiger charge is 2.12. The van der Waals surface area contributed by atoms with Crippen LogP contribution in [0.2, 0.25) is 0 Å². The summed E-state index contributed by atoms with van der Waals surface area (Å²) in [7, 11) is 0. The first-order chi connectivity index (χ1) is 12.6. The number of anilines is 2. The molecule has 0 aliphatic heterocycles. The van der Waals surface area contributed by atoms with E-state index >= 15 is 0 Å². The van der Waals surface area contributed by atoms with Gasteiger partial charge in [0.15, 0.2) is 10.8 Å². The molecule has 0 aromatic carbocycles. The molecule has 3 rings (SSSR count). The maximum Gasteiger partial charge on any atom is 0.277 e. The molecule has 0 aliphatic carbocycles. The predicted molar refractivity (Wildman–Crippen MR) is 94.4 cm³/mol. The molecule has 0 radical (unpaired) electrons. The Hall–Kier alpha value is -3.96. The summed E-state index contributed by atoms with van der Waals surface area (Å²) in [4.78, 5) is 28.6. The van der Waals surface area contributed by atoms with E-state index in [1.807, 2.05) is 0 Å². The van der Waals surface area contributed by atoms with E-state index < -0.39 is 5.91 Å². The van der Waals surface area contributed by atoms with E-state index in [0.29, 0.717) is 26.9 Å². The van der Waals surface area contributed by atoms with Crippen LogP contribution in [0, 0.1) is 29.6 Å². The number of hydrogen-bond acceptors (Lipinski definition) is 10. The minimum Gasteiger partial charge on any atom is -0.296 e. The van der Waals surface area contributed by atoms with Gasteiger partial charge in [0.2, 0.25) is 5.71 Å². The molecule has 126 valence electrons. The standard InChI is InChI=1S/C15H9N9OS/c1-8-5-19-11(7-18-8)14(25)22-15-21-13-12(26-15)2-9(6-20-13)23-24-10(3-16)4-17/h2,5-7,23H,1H3,(H,20,21,22,25). The Bertz CT molecular complexity index is 1070. The number of nitrogens with zero attached hydrogens (tertiary/aromatic N) is 7. The molecule has 0 aliphatic rings. The Kier molecular flexibility index (Phi) is 4.74. The van der Waals surface area contributed by atoms with Crippen molar-refractivity contribution < 1.29 is 4.79 Å². The van der Waals surface area contributed by atoms with E-state index in [1.165, 1.54) is 29.9 Å². The Balaban J connectivity index is 1.78. The minimum atomic E-state index is -0.424. The molecule has 1 amide bonds. The second-order valence-corrected chi connectivity index (χ2v) is 5.89. The van der Waals surface area contributed by atoms with Crippen molar-refractivity contribution >= 4 is 44.1 Å². The number of amides is 1. The molecule has 0 saturated carbocycles. The minimum absolute atomic E-state index is 0.181. The highest BCUT2D eigenvalue weighted by molar-refractivity contribution is 7.22. The highest BCUT2D eigenvalue weighted by Crippen LogP contribution is 2.27. The first-order valence-electron chi connectivity index (χ1n) is 7.09. The molecule has 0 atom stereocenters. The summed E-state index contributed by atoms with van der Waals surface area (Å²) in [6, 6.07) is 4.97. The Morgan fingerprint density at radius 2 is 2.00 bits per heavy atom. The normalized spacial score (nSPS) is 9.81. The monoisotopic (exact) mass is 363 g/mol. The molecular weight excluding hydrogens is 354 g/mol. The number of hydrogen-bond donors (Lipinski definition) is 2. The van der Waals surface area contributed by atoms with Gasteiger partial charge in [0.1, 0.15) is 17.8 Å². The van der Waals surface area contributed by atoms with Gasteiger partial charge in [0, 0.05) is 6.20 Å². The number of fused-ring (bicyclic) bond motifs is 1. The predicted octanol–water partition coefficient (Wildman–Crippen LogP) is 1.86. The van der Waals surface area contributed by atoms with Crippen LogP contribution in [-0.2, 0) is 0 Å². The number of pyridine rings is 1. The van der Waals surface area contributed by atoms with E-state index in [1.54, 1.807) is 25.1 Å². The van der Waals surface area contributed by atoms with Gasteiger partial charge in [-0.15, -0.1) is 0 Å². The first-order valence-corrected chi connectivity index (χ1v) is 7.91. The van der Waals surface area contributed by atoms with E-state index in [4.69, 9.17) is 10.5 Å². The van der Waals surface area contributed by atoms with Gasteiger partial charge in [-0.1, -0.05) is 11.3 Å². The van der Waals surface area contributed by atoms with Crippen molar-refractivity contribution in [2.45, 2.75) is 6.92 Å². The lowest BCUT2D eigenvalue weighted by Gasteiger charge is -1.99. The zero-order valence-electron chi connectivity index (χ0n) is 13.3. The van der Waals surface area contributed by atoms with Crippen LogP contribution < -0.4 is 10.7 Å². The largest absolute Gasteiger partial charge is 0.296 e. The number of thiazole rings is 1. The summed E-state index contributed by atoms with van der Waals surface area (Å²) in [5, 5.41) is 24.0. The van der Waals surface area contributed by atoms with E-state index in [9.17, 15) is 4.79 Å². The molecule has 0 spiro atoms. The smallest absolute Gasteiger partial charge is 0.277 e. The fourth-order valence-electron chi connectivity index (χ4n) is 1.80. The van der Waals surface area contributed by atoms with Crippen LogP contribution in [0.3, 0.4) is 0 Å². The topological polar surface area (TPSA) is 153 Å². The lowest BCUT2D eigenvalue weighted by Crippen LogP contribution is -2.13.